The predicted molar refractivity (Wildman–Crippen MR) is 139 cm³/mol. The second-order valence-corrected chi connectivity index (χ2v) is 9.46. The zero-order chi connectivity index (χ0) is 25.3. The van der Waals surface area contributed by atoms with Gasteiger partial charge in [0.15, 0.2) is 0 Å². The zero-order valence-electron chi connectivity index (χ0n) is 21.5. The molecule has 6 heteroatoms. The fraction of sp³-hybridized carbons (Fsp3) is 0.400. The lowest BCUT2D eigenvalue weighted by Gasteiger charge is -2.24. The molecule has 5 nitrogen and oxygen atoms in total. The third-order valence-corrected chi connectivity index (χ3v) is 6.05. The smallest absolute Gasteiger partial charge is 0.125 e. The van der Waals surface area contributed by atoms with Crippen LogP contribution >= 0.6 is 0 Å². The molecule has 0 aromatic heterocycles. The number of halogens is 1. The van der Waals surface area contributed by atoms with E-state index in [0.717, 1.165) is 42.1 Å². The number of hydrogen-bond donors (Lipinski definition) is 0. The third kappa shape index (κ3) is 7.53. The molecule has 2 bridgehead atoms. The van der Waals surface area contributed by atoms with Crippen LogP contribution in [0.5, 0.6) is 11.5 Å². The molecule has 0 radical (unpaired) electrons. The van der Waals surface area contributed by atoms with Crippen molar-refractivity contribution >= 4 is 0 Å². The van der Waals surface area contributed by atoms with Gasteiger partial charge in [-0.05, 0) is 60.9 Å². The van der Waals surface area contributed by atoms with Crippen LogP contribution < -0.4 is 9.47 Å². The molecule has 0 fully saturated rings. The molecule has 1 aliphatic rings. The van der Waals surface area contributed by atoms with Crippen molar-refractivity contribution < 1.29 is 23.3 Å². The summed E-state index contributed by atoms with van der Waals surface area (Å²) in [4.78, 5) is 2.38. The summed E-state index contributed by atoms with van der Waals surface area (Å²) in [6.45, 7) is 8.41. The number of nitrogens with zero attached hydrogens (tertiary/aromatic N) is 1. The number of rotatable bonds is 6. The van der Waals surface area contributed by atoms with E-state index in [1.807, 2.05) is 19.9 Å². The van der Waals surface area contributed by atoms with E-state index in [0.29, 0.717) is 38.6 Å². The summed E-state index contributed by atoms with van der Waals surface area (Å²) in [7, 11) is 1.70. The molecule has 4 rings (SSSR count). The molecule has 192 valence electrons. The van der Waals surface area contributed by atoms with Crippen molar-refractivity contribution in [2.75, 3.05) is 33.5 Å². The van der Waals surface area contributed by atoms with Crippen LogP contribution in [-0.2, 0) is 35.6 Å². The quantitative estimate of drug-likeness (QED) is 0.437. The third-order valence-electron chi connectivity index (χ3n) is 6.05. The second-order valence-electron chi connectivity index (χ2n) is 9.46. The molecule has 0 saturated carbocycles. The Labute approximate surface area is 213 Å². The van der Waals surface area contributed by atoms with Crippen molar-refractivity contribution in [3.05, 3.63) is 94.3 Å². The molecular formula is C30H36FNO4. The van der Waals surface area contributed by atoms with E-state index in [2.05, 4.69) is 41.3 Å². The van der Waals surface area contributed by atoms with Crippen LogP contribution in [0.2, 0.25) is 0 Å². The topological polar surface area (TPSA) is 40.2 Å². The minimum Gasteiger partial charge on any atom is -0.491 e. The van der Waals surface area contributed by atoms with Crippen molar-refractivity contribution in [1.82, 2.24) is 4.90 Å². The largest absolute Gasteiger partial charge is 0.491 e. The summed E-state index contributed by atoms with van der Waals surface area (Å²) in [5.74, 6) is 1.32. The van der Waals surface area contributed by atoms with E-state index < -0.39 is 0 Å². The summed E-state index contributed by atoms with van der Waals surface area (Å²) in [6.07, 6.45) is 0.714. The van der Waals surface area contributed by atoms with Crippen LogP contribution in [-0.4, -0.2) is 44.5 Å². The average Bonchev–Trinajstić information content (AvgIpc) is 2.83. The van der Waals surface area contributed by atoms with E-state index in [9.17, 15) is 4.39 Å². The molecule has 0 unspecified atom stereocenters. The zero-order valence-corrected chi connectivity index (χ0v) is 21.5. The van der Waals surface area contributed by atoms with Gasteiger partial charge in [-0.15, -0.1) is 0 Å². The summed E-state index contributed by atoms with van der Waals surface area (Å²) in [6, 6.07) is 19.5. The number of methoxy groups -OCH3 is 1. The fourth-order valence-corrected chi connectivity index (χ4v) is 4.49. The molecule has 0 atom stereocenters. The van der Waals surface area contributed by atoms with Gasteiger partial charge in [0.2, 0.25) is 0 Å². The Balaban J connectivity index is 1.55. The maximum atomic E-state index is 14.0. The first kappa shape index (κ1) is 26.1. The molecule has 1 heterocycles. The Morgan fingerprint density at radius 2 is 1.83 bits per heavy atom. The standard InChI is InChI=1S/C30H36FNO4/c1-22(2)36-30-9-7-25(17-27(30)21-33-3)20-32-11-12-34-13-14-35-29-10-8-28(31)18-26(29)16-23-5-4-6-24(15-23)19-32/h4-10,15,17-18,22H,11-14,16,19-21H2,1-3H3. The monoisotopic (exact) mass is 493 g/mol. The van der Waals surface area contributed by atoms with Gasteiger partial charge in [-0.3, -0.25) is 4.90 Å². The lowest BCUT2D eigenvalue weighted by atomic mass is 10.0. The van der Waals surface area contributed by atoms with Crippen molar-refractivity contribution in [3.8, 4) is 11.5 Å². The summed E-state index contributed by atoms with van der Waals surface area (Å²) in [5, 5.41) is 0. The molecule has 3 aromatic rings. The van der Waals surface area contributed by atoms with Crippen LogP contribution in [0, 0.1) is 5.82 Å². The van der Waals surface area contributed by atoms with Crippen molar-refractivity contribution in [3.63, 3.8) is 0 Å². The average molecular weight is 494 g/mol. The summed E-state index contributed by atoms with van der Waals surface area (Å²) >= 11 is 0. The molecular weight excluding hydrogens is 457 g/mol. The number of ether oxygens (including phenoxy) is 4. The molecule has 0 N–H and O–H groups in total. The van der Waals surface area contributed by atoms with Gasteiger partial charge in [0, 0.05) is 44.3 Å². The van der Waals surface area contributed by atoms with E-state index in [1.54, 1.807) is 19.2 Å². The van der Waals surface area contributed by atoms with E-state index >= 15 is 0 Å². The highest BCUT2D eigenvalue weighted by Crippen LogP contribution is 2.26. The lowest BCUT2D eigenvalue weighted by molar-refractivity contribution is 0.0757. The van der Waals surface area contributed by atoms with Gasteiger partial charge in [-0.2, -0.15) is 0 Å². The second kappa shape index (κ2) is 12.9. The van der Waals surface area contributed by atoms with Crippen LogP contribution in [0.15, 0.2) is 60.7 Å². The van der Waals surface area contributed by atoms with E-state index in [1.165, 1.54) is 17.2 Å². The molecule has 0 aliphatic carbocycles. The molecule has 36 heavy (non-hydrogen) atoms. The van der Waals surface area contributed by atoms with Gasteiger partial charge >= 0.3 is 0 Å². The minimum atomic E-state index is -0.255. The first-order valence-corrected chi connectivity index (χ1v) is 12.6. The fourth-order valence-electron chi connectivity index (χ4n) is 4.49. The Bertz CT molecular complexity index is 1130. The highest BCUT2D eigenvalue weighted by molar-refractivity contribution is 5.39. The molecule has 1 aliphatic heterocycles. The van der Waals surface area contributed by atoms with Crippen LogP contribution in [0.3, 0.4) is 0 Å². The Morgan fingerprint density at radius 1 is 0.972 bits per heavy atom. The lowest BCUT2D eigenvalue weighted by Crippen LogP contribution is -2.27. The van der Waals surface area contributed by atoms with Gasteiger partial charge in [-0.25, -0.2) is 4.39 Å². The highest BCUT2D eigenvalue weighted by Gasteiger charge is 2.14. The van der Waals surface area contributed by atoms with Crippen LogP contribution in [0.4, 0.5) is 4.39 Å². The van der Waals surface area contributed by atoms with E-state index in [4.69, 9.17) is 18.9 Å². The maximum Gasteiger partial charge on any atom is 0.125 e. The van der Waals surface area contributed by atoms with Crippen LogP contribution in [0.25, 0.3) is 0 Å². The maximum absolute atomic E-state index is 14.0. The molecule has 0 amide bonds. The summed E-state index contributed by atoms with van der Waals surface area (Å²) in [5.41, 5.74) is 5.43. The molecule has 0 saturated heterocycles. The molecule has 3 aromatic carbocycles. The number of hydrogen-bond acceptors (Lipinski definition) is 5. The van der Waals surface area contributed by atoms with Crippen molar-refractivity contribution in [2.45, 2.75) is 46.1 Å². The highest BCUT2D eigenvalue weighted by atomic mass is 19.1. The first-order valence-electron chi connectivity index (χ1n) is 12.6. The van der Waals surface area contributed by atoms with Gasteiger partial charge < -0.3 is 18.9 Å². The Morgan fingerprint density at radius 3 is 2.67 bits per heavy atom. The van der Waals surface area contributed by atoms with Crippen LogP contribution in [0.1, 0.15) is 41.7 Å². The van der Waals surface area contributed by atoms with Crippen molar-refractivity contribution in [2.24, 2.45) is 0 Å². The summed E-state index contributed by atoms with van der Waals surface area (Å²) < 4.78 is 37.2. The van der Waals surface area contributed by atoms with E-state index in [-0.39, 0.29) is 11.9 Å². The predicted octanol–water partition coefficient (Wildman–Crippen LogP) is 5.76. The normalized spacial score (nSPS) is 15.1. The first-order chi connectivity index (χ1) is 17.5. The molecule has 0 spiro atoms. The Hall–Kier alpha value is -2.93. The number of benzene rings is 3. The number of fused-ring (bicyclic) bond motifs is 3. The minimum absolute atomic E-state index is 0.103. The SMILES string of the molecule is COCc1cc(CN2CCOCCOc3ccc(F)cc3Cc3cccc(c3)C2)ccc1OC(C)C. The van der Waals surface area contributed by atoms with Gasteiger partial charge in [0.25, 0.3) is 0 Å². The Kier molecular flexibility index (Phi) is 9.34. The van der Waals surface area contributed by atoms with Gasteiger partial charge in [0.1, 0.15) is 23.9 Å². The van der Waals surface area contributed by atoms with Gasteiger partial charge in [-0.1, -0.05) is 30.3 Å². The van der Waals surface area contributed by atoms with Crippen molar-refractivity contribution in [1.29, 1.82) is 0 Å². The van der Waals surface area contributed by atoms with Gasteiger partial charge in [0.05, 0.1) is 25.9 Å².